The van der Waals surface area contributed by atoms with Gasteiger partial charge in [0.1, 0.15) is 22.5 Å². The predicted octanol–water partition coefficient (Wildman–Crippen LogP) is 18.2. The Hall–Kier alpha value is -3.88. The Morgan fingerprint density at radius 1 is 0.469 bits per heavy atom. The van der Waals surface area contributed by atoms with Crippen molar-refractivity contribution < 1.29 is 18.3 Å². The van der Waals surface area contributed by atoms with E-state index in [2.05, 4.69) is 61.5 Å². The summed E-state index contributed by atoms with van der Waals surface area (Å²) in [6.45, 7) is 10.2. The number of ether oxygens (including phenoxy) is 2. The maximum absolute atomic E-state index is 17.2. The van der Waals surface area contributed by atoms with E-state index in [4.69, 9.17) is 19.4 Å². The van der Waals surface area contributed by atoms with Gasteiger partial charge < -0.3 is 9.47 Å². The van der Waals surface area contributed by atoms with Crippen LogP contribution < -0.4 is 9.47 Å². The van der Waals surface area contributed by atoms with Crippen LogP contribution in [-0.2, 0) is 0 Å². The largest absolute Gasteiger partial charge is 0.494 e. The van der Waals surface area contributed by atoms with Crippen LogP contribution in [0.2, 0.25) is 0 Å². The van der Waals surface area contributed by atoms with Crippen LogP contribution in [0.25, 0.3) is 33.5 Å². The summed E-state index contributed by atoms with van der Waals surface area (Å²) >= 11 is 0. The molecule has 0 saturated heterocycles. The molecule has 0 radical (unpaired) electrons. The van der Waals surface area contributed by atoms with Crippen molar-refractivity contribution in [3.8, 4) is 34.0 Å². The third kappa shape index (κ3) is 14.1. The smallest absolute Gasteiger partial charge is 0.174 e. The molecular weight excluding hydrogens is 835 g/mol. The van der Waals surface area contributed by atoms with Gasteiger partial charge in [-0.1, -0.05) is 167 Å². The molecule has 0 spiro atoms. The lowest BCUT2D eigenvalue weighted by molar-refractivity contribution is 0.304. The molecule has 8 heteroatoms. The van der Waals surface area contributed by atoms with Crippen molar-refractivity contribution in [3.63, 3.8) is 0 Å². The second-order valence-electron chi connectivity index (χ2n) is 17.7. The molecule has 0 N–H and O–H groups in total. The van der Waals surface area contributed by atoms with E-state index in [1.54, 1.807) is 0 Å². The topological polar surface area (TPSA) is 44.2 Å². The molecule has 4 aromatic rings. The van der Waals surface area contributed by atoms with Gasteiger partial charge in [0.25, 0.3) is 0 Å². The molecule has 2 atom stereocenters. The Morgan fingerprint density at radius 2 is 0.844 bits per heavy atom. The van der Waals surface area contributed by atoms with Gasteiger partial charge >= 0.3 is 0 Å². The zero-order chi connectivity index (χ0) is 44.9. The molecule has 3 heterocycles. The lowest BCUT2D eigenvalue weighted by Gasteiger charge is -2.22. The van der Waals surface area contributed by atoms with Crippen LogP contribution in [0, 0.1) is 11.6 Å². The maximum atomic E-state index is 17.2. The summed E-state index contributed by atoms with van der Waals surface area (Å²) in [6, 6.07) is 16.1. The quantitative estimate of drug-likeness (QED) is 0.0404. The van der Waals surface area contributed by atoms with E-state index >= 15 is 8.78 Å². The lowest BCUT2D eigenvalue weighted by Crippen LogP contribution is -2.05. The van der Waals surface area contributed by atoms with Crippen molar-refractivity contribution in [3.05, 3.63) is 105 Å². The summed E-state index contributed by atoms with van der Waals surface area (Å²) in [6.07, 6.45) is 29.6. The van der Waals surface area contributed by atoms with Gasteiger partial charge in [-0.15, -0.1) is 0 Å². The fourth-order valence-electron chi connectivity index (χ4n) is 8.63. The molecule has 1 aromatic heterocycles. The van der Waals surface area contributed by atoms with Crippen LogP contribution in [-0.4, -0.2) is 23.2 Å². The molecule has 2 aliphatic heterocycles. The molecule has 0 amide bonds. The molecule has 0 aliphatic carbocycles. The van der Waals surface area contributed by atoms with Gasteiger partial charge in [0.05, 0.1) is 34.4 Å². The number of unbranched alkanes of at least 4 members (excludes halogenated alkanes) is 16. The number of aromatic nitrogens is 2. The average Bonchev–Trinajstić information content (AvgIpc) is 3.99. The molecule has 348 valence electrons. The number of hydrogen-bond donors (Lipinski definition) is 2. The van der Waals surface area contributed by atoms with Crippen LogP contribution >= 0.6 is 21.8 Å². The number of halogens is 2. The first kappa shape index (κ1) is 49.6. The molecule has 0 bridgehead atoms. The van der Waals surface area contributed by atoms with Crippen LogP contribution in [0.15, 0.2) is 103 Å². The van der Waals surface area contributed by atoms with Crippen LogP contribution in [0.3, 0.4) is 0 Å². The molecule has 0 saturated carbocycles. The molecule has 3 aromatic carbocycles. The standard InChI is InChI=1S/C56H76F2N2O2S2/c1-5-9-13-17-19-23-35-61-47-31-25-29-45(39-47)51-52(46-30-26-32-48(40-46)62-36-24-20-18-14-10-6-2)60-54-53(59-51)55(63-37-33-43(41-63)27-21-15-11-7-3)49(57)50(58)56(54)64-38-34-44(42-64)28-22-16-12-8-4/h25-26,29-34,37-42,63-64H,5-24,27-28,35-36H2,1-4H3. The number of hydrogen-bond acceptors (Lipinski definition) is 4. The Balaban J connectivity index is 1.45. The van der Waals surface area contributed by atoms with Crippen LogP contribution in [0.1, 0.15) is 169 Å². The van der Waals surface area contributed by atoms with Crippen LogP contribution in [0.5, 0.6) is 11.5 Å². The number of rotatable bonds is 30. The highest BCUT2D eigenvalue weighted by Gasteiger charge is 2.30. The summed E-state index contributed by atoms with van der Waals surface area (Å²) < 4.78 is 47.1. The van der Waals surface area contributed by atoms with E-state index in [0.717, 1.165) is 86.8 Å². The highest BCUT2D eigenvalue weighted by Crippen LogP contribution is 2.55. The van der Waals surface area contributed by atoms with Gasteiger partial charge in [-0.3, -0.25) is 0 Å². The van der Waals surface area contributed by atoms with Gasteiger partial charge in [-0.25, -0.2) is 18.7 Å². The highest BCUT2D eigenvalue weighted by molar-refractivity contribution is 8.23. The monoisotopic (exact) mass is 911 g/mol. The minimum Gasteiger partial charge on any atom is -0.494 e. The maximum Gasteiger partial charge on any atom is 0.174 e. The number of benzene rings is 3. The lowest BCUT2D eigenvalue weighted by atomic mass is 10.0. The fourth-order valence-corrected chi connectivity index (χ4v) is 12.7. The van der Waals surface area contributed by atoms with E-state index in [1.807, 2.05) is 48.5 Å². The molecule has 4 nitrogen and oxygen atoms in total. The van der Waals surface area contributed by atoms with Crippen molar-refractivity contribution in [2.75, 3.05) is 13.2 Å². The summed E-state index contributed by atoms with van der Waals surface area (Å²) in [7, 11) is -2.61. The van der Waals surface area contributed by atoms with E-state index < -0.39 is 33.4 Å². The summed E-state index contributed by atoms with van der Waals surface area (Å²) in [4.78, 5) is 11.6. The first-order chi connectivity index (χ1) is 31.4. The van der Waals surface area contributed by atoms with Gasteiger partial charge in [0.2, 0.25) is 0 Å². The Labute approximate surface area is 390 Å². The summed E-state index contributed by atoms with van der Waals surface area (Å²) in [5.74, 6) is -0.0693. The summed E-state index contributed by atoms with van der Waals surface area (Å²) in [5, 5.41) is 8.49. The Morgan fingerprint density at radius 3 is 1.25 bits per heavy atom. The fraction of sp³-hybridized carbons (Fsp3) is 0.500. The van der Waals surface area contributed by atoms with E-state index in [0.29, 0.717) is 45.4 Å². The van der Waals surface area contributed by atoms with E-state index in [1.165, 1.54) is 88.2 Å². The Kier molecular flexibility index (Phi) is 20.8. The molecular formula is C56H76F2N2O2S2. The molecule has 64 heavy (non-hydrogen) atoms. The van der Waals surface area contributed by atoms with Crippen LogP contribution in [0.4, 0.5) is 8.78 Å². The van der Waals surface area contributed by atoms with Crippen molar-refractivity contribution in [2.24, 2.45) is 0 Å². The van der Waals surface area contributed by atoms with Crippen molar-refractivity contribution in [2.45, 2.75) is 179 Å². The third-order valence-corrected chi connectivity index (χ3v) is 16.4. The summed E-state index contributed by atoms with van der Waals surface area (Å²) in [5.41, 5.74) is 6.15. The molecule has 2 unspecified atom stereocenters. The minimum absolute atomic E-state index is 0.319. The number of fused-ring (bicyclic) bond motifs is 1. The van der Waals surface area contributed by atoms with Gasteiger partial charge in [0.15, 0.2) is 11.6 Å². The van der Waals surface area contributed by atoms with Gasteiger partial charge in [0, 0.05) is 11.1 Å². The first-order valence-corrected chi connectivity index (χ1v) is 27.9. The van der Waals surface area contributed by atoms with Gasteiger partial charge in [-0.2, -0.15) is 21.8 Å². The molecule has 2 aliphatic rings. The second kappa shape index (κ2) is 26.9. The normalized spacial score (nSPS) is 16.8. The number of thiol groups is 2. The zero-order valence-corrected chi connectivity index (χ0v) is 41.2. The van der Waals surface area contributed by atoms with Crippen molar-refractivity contribution >= 4 is 32.8 Å². The highest BCUT2D eigenvalue weighted by atomic mass is 32.2. The zero-order valence-electron chi connectivity index (χ0n) is 39.4. The minimum atomic E-state index is -1.30. The van der Waals surface area contributed by atoms with Gasteiger partial charge in [-0.05, 0) is 95.6 Å². The number of nitrogens with zero attached hydrogens (tertiary/aromatic N) is 2. The molecule has 6 rings (SSSR count). The van der Waals surface area contributed by atoms with Crippen molar-refractivity contribution in [1.82, 2.24) is 9.97 Å². The second-order valence-corrected chi connectivity index (χ2v) is 21.3. The van der Waals surface area contributed by atoms with E-state index in [9.17, 15) is 0 Å². The third-order valence-electron chi connectivity index (χ3n) is 12.4. The van der Waals surface area contributed by atoms with Crippen molar-refractivity contribution in [1.29, 1.82) is 0 Å². The molecule has 0 fully saturated rings. The van der Waals surface area contributed by atoms with E-state index in [-0.39, 0.29) is 0 Å². The number of allylic oxidation sites excluding steroid dienone is 4. The SMILES string of the molecule is CCCCCCCCOc1cccc(-c2nc3c([SH]4C=CC(CCCCCC)=C4)c(F)c(F)c([SH]4C=CC(CCCCCC)=C4)c3nc2-c2cccc(OCCCCCCCC)c2)c1. The Bertz CT molecular complexity index is 2060. The predicted molar refractivity (Wildman–Crippen MR) is 275 cm³/mol. The first-order valence-electron chi connectivity index (χ1n) is 25.0. The average molecular weight is 911 g/mol.